The first-order valence-corrected chi connectivity index (χ1v) is 7.82. The topological polar surface area (TPSA) is 32.3 Å². The number of amides is 1. The third-order valence-corrected chi connectivity index (χ3v) is 3.81. The highest BCUT2D eigenvalue weighted by atomic mass is 16.2. The molecule has 1 amide bonds. The lowest BCUT2D eigenvalue weighted by molar-refractivity contribution is -0.119. The van der Waals surface area contributed by atoms with Gasteiger partial charge in [-0.1, -0.05) is 55.5 Å². The zero-order valence-corrected chi connectivity index (χ0v) is 13.3. The van der Waals surface area contributed by atoms with E-state index in [9.17, 15) is 4.79 Å². The fourth-order valence-corrected chi connectivity index (χ4v) is 2.42. The average Bonchev–Trinajstić information content (AvgIpc) is 2.59. The monoisotopic (exact) mass is 296 g/mol. The van der Waals surface area contributed by atoms with Crippen LogP contribution in [0.1, 0.15) is 25.3 Å². The number of anilines is 1. The molecule has 0 aliphatic carbocycles. The fourth-order valence-electron chi connectivity index (χ4n) is 2.42. The van der Waals surface area contributed by atoms with E-state index in [1.54, 1.807) is 0 Å². The van der Waals surface area contributed by atoms with E-state index in [1.807, 2.05) is 48.5 Å². The number of hydrogen-bond acceptors (Lipinski definition) is 2. The second kappa shape index (κ2) is 8.23. The standard InChI is InChI=1S/C19H24N2O/c1-3-21(18-12-8-5-9-13-18)15-19(22)20-14-16(2)17-10-6-4-7-11-17/h4-13,16H,3,14-15H2,1-2H3,(H,20,22). The van der Waals surface area contributed by atoms with Crippen molar-refractivity contribution in [2.24, 2.45) is 0 Å². The minimum atomic E-state index is 0.0634. The summed E-state index contributed by atoms with van der Waals surface area (Å²) in [4.78, 5) is 14.2. The van der Waals surface area contributed by atoms with Crippen molar-refractivity contribution in [1.82, 2.24) is 5.32 Å². The van der Waals surface area contributed by atoms with E-state index in [0.717, 1.165) is 12.2 Å². The Hall–Kier alpha value is -2.29. The van der Waals surface area contributed by atoms with E-state index in [4.69, 9.17) is 0 Å². The molecule has 3 heteroatoms. The molecule has 2 aromatic carbocycles. The van der Waals surface area contributed by atoms with E-state index in [1.165, 1.54) is 5.56 Å². The Balaban J connectivity index is 1.84. The molecular weight excluding hydrogens is 272 g/mol. The Morgan fingerprint density at radius 2 is 1.64 bits per heavy atom. The smallest absolute Gasteiger partial charge is 0.239 e. The van der Waals surface area contributed by atoms with Crippen molar-refractivity contribution in [1.29, 1.82) is 0 Å². The van der Waals surface area contributed by atoms with Crippen molar-refractivity contribution >= 4 is 11.6 Å². The van der Waals surface area contributed by atoms with Crippen LogP contribution in [0.15, 0.2) is 60.7 Å². The summed E-state index contributed by atoms with van der Waals surface area (Å²) in [6.07, 6.45) is 0. The first-order valence-electron chi connectivity index (χ1n) is 7.82. The zero-order valence-electron chi connectivity index (χ0n) is 13.3. The number of nitrogens with zero attached hydrogens (tertiary/aromatic N) is 1. The van der Waals surface area contributed by atoms with Crippen LogP contribution in [0.25, 0.3) is 0 Å². The molecule has 1 atom stereocenters. The Morgan fingerprint density at radius 3 is 2.23 bits per heavy atom. The van der Waals surface area contributed by atoms with Gasteiger partial charge in [-0.25, -0.2) is 0 Å². The van der Waals surface area contributed by atoms with Crippen LogP contribution in [-0.4, -0.2) is 25.5 Å². The van der Waals surface area contributed by atoms with Gasteiger partial charge in [0, 0.05) is 18.8 Å². The molecule has 0 aliphatic heterocycles. The van der Waals surface area contributed by atoms with Gasteiger partial charge in [0.25, 0.3) is 0 Å². The normalized spacial score (nSPS) is 11.7. The predicted octanol–water partition coefficient (Wildman–Crippen LogP) is 3.43. The van der Waals surface area contributed by atoms with Crippen molar-refractivity contribution < 1.29 is 4.79 Å². The van der Waals surface area contributed by atoms with E-state index in [-0.39, 0.29) is 5.91 Å². The first-order chi connectivity index (χ1) is 10.7. The molecule has 0 radical (unpaired) electrons. The summed E-state index contributed by atoms with van der Waals surface area (Å²) >= 11 is 0. The highest BCUT2D eigenvalue weighted by molar-refractivity contribution is 5.81. The summed E-state index contributed by atoms with van der Waals surface area (Å²) in [6.45, 7) is 6.06. The van der Waals surface area contributed by atoms with Gasteiger partial charge in [-0.2, -0.15) is 0 Å². The molecule has 0 spiro atoms. The molecule has 1 N–H and O–H groups in total. The predicted molar refractivity (Wildman–Crippen MR) is 92.2 cm³/mol. The van der Waals surface area contributed by atoms with Crippen LogP contribution in [-0.2, 0) is 4.79 Å². The van der Waals surface area contributed by atoms with Crippen LogP contribution in [0.5, 0.6) is 0 Å². The Kier molecular flexibility index (Phi) is 6.01. The van der Waals surface area contributed by atoms with Crippen LogP contribution in [0.2, 0.25) is 0 Å². The van der Waals surface area contributed by atoms with Crippen molar-refractivity contribution in [3.8, 4) is 0 Å². The van der Waals surface area contributed by atoms with E-state index in [2.05, 4.69) is 36.2 Å². The van der Waals surface area contributed by atoms with Crippen LogP contribution in [0.4, 0.5) is 5.69 Å². The Bertz CT molecular complexity index is 569. The zero-order chi connectivity index (χ0) is 15.8. The molecule has 0 heterocycles. The quantitative estimate of drug-likeness (QED) is 0.849. The van der Waals surface area contributed by atoms with Gasteiger partial charge in [0.2, 0.25) is 5.91 Å². The van der Waals surface area contributed by atoms with Gasteiger partial charge in [0.05, 0.1) is 6.54 Å². The molecule has 1 unspecified atom stereocenters. The highest BCUT2D eigenvalue weighted by Gasteiger charge is 2.11. The van der Waals surface area contributed by atoms with Gasteiger partial charge >= 0.3 is 0 Å². The highest BCUT2D eigenvalue weighted by Crippen LogP contribution is 2.14. The summed E-state index contributed by atoms with van der Waals surface area (Å²) < 4.78 is 0. The van der Waals surface area contributed by atoms with Crippen molar-refractivity contribution in [3.63, 3.8) is 0 Å². The number of carbonyl (C=O) groups is 1. The largest absolute Gasteiger partial charge is 0.363 e. The molecular formula is C19H24N2O. The lowest BCUT2D eigenvalue weighted by Crippen LogP contribution is -2.38. The second-order valence-electron chi connectivity index (χ2n) is 5.47. The van der Waals surface area contributed by atoms with Crippen LogP contribution in [0, 0.1) is 0 Å². The summed E-state index contributed by atoms with van der Waals surface area (Å²) in [5.41, 5.74) is 2.33. The SMILES string of the molecule is CCN(CC(=O)NCC(C)c1ccccc1)c1ccccc1. The minimum Gasteiger partial charge on any atom is -0.363 e. The Morgan fingerprint density at radius 1 is 1.05 bits per heavy atom. The van der Waals surface area contributed by atoms with Gasteiger partial charge in [-0.15, -0.1) is 0 Å². The number of benzene rings is 2. The number of hydrogen-bond donors (Lipinski definition) is 1. The van der Waals surface area contributed by atoms with Crippen LogP contribution >= 0.6 is 0 Å². The summed E-state index contributed by atoms with van der Waals surface area (Å²) in [5, 5.41) is 3.03. The number of nitrogens with one attached hydrogen (secondary N) is 1. The van der Waals surface area contributed by atoms with Gasteiger partial charge in [-0.3, -0.25) is 4.79 Å². The molecule has 2 aromatic rings. The van der Waals surface area contributed by atoms with E-state index < -0.39 is 0 Å². The van der Waals surface area contributed by atoms with Crippen LogP contribution < -0.4 is 10.2 Å². The van der Waals surface area contributed by atoms with Crippen molar-refractivity contribution in [2.75, 3.05) is 24.5 Å². The molecule has 0 saturated heterocycles. The molecule has 3 nitrogen and oxygen atoms in total. The number of carbonyl (C=O) groups excluding carboxylic acids is 1. The summed E-state index contributed by atoms with van der Waals surface area (Å²) in [6, 6.07) is 20.3. The molecule has 2 rings (SSSR count). The first kappa shape index (κ1) is 16.1. The number of rotatable bonds is 7. The maximum atomic E-state index is 12.2. The maximum Gasteiger partial charge on any atom is 0.239 e. The van der Waals surface area contributed by atoms with Gasteiger partial charge in [0.15, 0.2) is 0 Å². The van der Waals surface area contributed by atoms with E-state index >= 15 is 0 Å². The third kappa shape index (κ3) is 4.62. The Labute approximate surface area is 133 Å². The van der Waals surface area contributed by atoms with Crippen molar-refractivity contribution in [2.45, 2.75) is 19.8 Å². The average molecular weight is 296 g/mol. The lowest BCUT2D eigenvalue weighted by Gasteiger charge is -2.23. The fraction of sp³-hybridized carbons (Fsp3) is 0.316. The number of para-hydroxylation sites is 1. The molecule has 0 saturated carbocycles. The lowest BCUT2D eigenvalue weighted by atomic mass is 10.0. The molecule has 0 fully saturated rings. The summed E-state index contributed by atoms with van der Waals surface area (Å²) in [5.74, 6) is 0.380. The summed E-state index contributed by atoms with van der Waals surface area (Å²) in [7, 11) is 0. The minimum absolute atomic E-state index is 0.0634. The van der Waals surface area contributed by atoms with Crippen LogP contribution in [0.3, 0.4) is 0 Å². The molecule has 0 aliphatic rings. The third-order valence-electron chi connectivity index (χ3n) is 3.81. The number of likely N-dealkylation sites (N-methyl/N-ethyl adjacent to an activating group) is 1. The van der Waals surface area contributed by atoms with Gasteiger partial charge in [-0.05, 0) is 30.5 Å². The van der Waals surface area contributed by atoms with Crippen molar-refractivity contribution in [3.05, 3.63) is 66.2 Å². The second-order valence-corrected chi connectivity index (χ2v) is 5.47. The molecule has 22 heavy (non-hydrogen) atoms. The molecule has 0 bridgehead atoms. The molecule has 0 aromatic heterocycles. The maximum absolute atomic E-state index is 12.2. The van der Waals surface area contributed by atoms with Gasteiger partial charge < -0.3 is 10.2 Å². The van der Waals surface area contributed by atoms with Gasteiger partial charge in [0.1, 0.15) is 0 Å². The molecule has 116 valence electrons. The van der Waals surface area contributed by atoms with E-state index in [0.29, 0.717) is 19.0 Å².